The van der Waals surface area contributed by atoms with Crippen molar-refractivity contribution in [1.82, 2.24) is 5.43 Å². The molecule has 2 rings (SSSR count). The Morgan fingerprint density at radius 3 is 2.50 bits per heavy atom. The van der Waals surface area contributed by atoms with Crippen LogP contribution in [0.2, 0.25) is 0 Å². The number of hydrazone groups is 1. The van der Waals surface area contributed by atoms with Gasteiger partial charge in [-0.2, -0.15) is 5.10 Å². The predicted molar refractivity (Wildman–Crippen MR) is 86.3 cm³/mol. The Morgan fingerprint density at radius 1 is 1.27 bits per heavy atom. The van der Waals surface area contributed by atoms with E-state index in [-0.39, 0.29) is 10.7 Å². The van der Waals surface area contributed by atoms with Crippen LogP contribution >= 0.6 is 12.2 Å². The highest BCUT2D eigenvalue weighted by molar-refractivity contribution is 7.80. The molecule has 0 radical (unpaired) electrons. The summed E-state index contributed by atoms with van der Waals surface area (Å²) < 4.78 is 14.0. The maximum Gasteiger partial charge on any atom is 0.335 e. The molecule has 0 aliphatic heterocycles. The highest BCUT2D eigenvalue weighted by atomic mass is 32.1. The zero-order valence-electron chi connectivity index (χ0n) is 11.3. The van der Waals surface area contributed by atoms with Crippen LogP contribution in [0.1, 0.15) is 15.9 Å². The molecule has 0 fully saturated rings. The Labute approximate surface area is 131 Å². The van der Waals surface area contributed by atoms with Crippen LogP contribution in [0.25, 0.3) is 11.1 Å². The molecule has 2 aromatic rings. The first-order valence-electron chi connectivity index (χ1n) is 6.19. The molecule has 0 aliphatic carbocycles. The van der Waals surface area contributed by atoms with Crippen molar-refractivity contribution in [3.8, 4) is 11.1 Å². The van der Waals surface area contributed by atoms with Crippen molar-refractivity contribution >= 4 is 29.5 Å². The smallest absolute Gasteiger partial charge is 0.335 e. The maximum atomic E-state index is 14.0. The van der Waals surface area contributed by atoms with Crippen LogP contribution in [0.15, 0.2) is 47.6 Å². The minimum Gasteiger partial charge on any atom is -0.478 e. The van der Waals surface area contributed by atoms with Crippen LogP contribution in [-0.2, 0) is 0 Å². The lowest BCUT2D eigenvalue weighted by molar-refractivity contribution is 0.0696. The molecule has 22 heavy (non-hydrogen) atoms. The minimum absolute atomic E-state index is 0.0634. The van der Waals surface area contributed by atoms with Gasteiger partial charge in [0.2, 0.25) is 0 Å². The van der Waals surface area contributed by atoms with Gasteiger partial charge in [-0.1, -0.05) is 30.3 Å². The molecule has 4 N–H and O–H groups in total. The highest BCUT2D eigenvalue weighted by Crippen LogP contribution is 2.24. The lowest BCUT2D eigenvalue weighted by Crippen LogP contribution is -2.23. The van der Waals surface area contributed by atoms with E-state index in [0.717, 1.165) is 11.6 Å². The first kappa shape index (κ1) is 15.6. The molecular weight excluding hydrogens is 305 g/mol. The summed E-state index contributed by atoms with van der Waals surface area (Å²) in [5, 5.41) is 12.7. The normalized spacial score (nSPS) is 10.6. The summed E-state index contributed by atoms with van der Waals surface area (Å²) in [4.78, 5) is 10.8. The predicted octanol–water partition coefficient (Wildman–Crippen LogP) is 2.36. The molecule has 0 bridgehead atoms. The van der Waals surface area contributed by atoms with E-state index in [9.17, 15) is 9.18 Å². The van der Waals surface area contributed by atoms with Crippen molar-refractivity contribution in [1.29, 1.82) is 0 Å². The van der Waals surface area contributed by atoms with E-state index in [0.29, 0.717) is 11.1 Å². The number of nitrogens with two attached hydrogens (primary N) is 1. The van der Waals surface area contributed by atoms with E-state index >= 15 is 0 Å². The number of nitrogens with one attached hydrogen (secondary N) is 1. The lowest BCUT2D eigenvalue weighted by atomic mass is 10.0. The van der Waals surface area contributed by atoms with Crippen molar-refractivity contribution in [3.05, 3.63) is 59.4 Å². The number of halogens is 1. The molecule has 0 aliphatic rings. The molecule has 112 valence electrons. The Bertz CT molecular complexity index is 745. The number of rotatable bonds is 4. The molecule has 0 atom stereocenters. The summed E-state index contributed by atoms with van der Waals surface area (Å²) in [6, 6.07) is 10.7. The SMILES string of the molecule is NC(=S)NN=Cc1ccc(-c2ccc(C(=O)O)cc2F)cc1. The van der Waals surface area contributed by atoms with E-state index in [1.54, 1.807) is 24.3 Å². The standard InChI is InChI=1S/C15H12FN3O2S/c16-13-7-11(14(20)21)5-6-12(13)10-3-1-9(2-4-10)8-18-19-15(17)22/h1-8H,(H,20,21)(H3,17,19,22). The molecule has 0 unspecified atom stereocenters. The fourth-order valence-electron chi connectivity index (χ4n) is 1.80. The van der Waals surface area contributed by atoms with Crippen LogP contribution in [-0.4, -0.2) is 22.4 Å². The van der Waals surface area contributed by atoms with Gasteiger partial charge in [0, 0.05) is 5.56 Å². The molecule has 0 saturated heterocycles. The van der Waals surface area contributed by atoms with Gasteiger partial charge in [-0.25, -0.2) is 9.18 Å². The van der Waals surface area contributed by atoms with Crippen LogP contribution in [0.5, 0.6) is 0 Å². The molecule has 2 aromatic carbocycles. The van der Waals surface area contributed by atoms with Gasteiger partial charge in [0.25, 0.3) is 0 Å². The maximum absolute atomic E-state index is 14.0. The van der Waals surface area contributed by atoms with Crippen molar-refractivity contribution in [2.75, 3.05) is 0 Å². The van der Waals surface area contributed by atoms with E-state index in [2.05, 4.69) is 22.7 Å². The number of hydrogen-bond acceptors (Lipinski definition) is 3. The van der Waals surface area contributed by atoms with Crippen LogP contribution in [0.4, 0.5) is 4.39 Å². The first-order valence-corrected chi connectivity index (χ1v) is 6.60. The number of aromatic carboxylic acids is 1. The van der Waals surface area contributed by atoms with Crippen molar-refractivity contribution in [2.45, 2.75) is 0 Å². The summed E-state index contributed by atoms with van der Waals surface area (Å²) in [6.07, 6.45) is 1.52. The van der Waals surface area contributed by atoms with Crippen molar-refractivity contribution < 1.29 is 14.3 Å². The number of benzene rings is 2. The van der Waals surface area contributed by atoms with E-state index in [1.807, 2.05) is 0 Å². The summed E-state index contributed by atoms with van der Waals surface area (Å²) in [5.74, 6) is -1.75. The fraction of sp³-hybridized carbons (Fsp3) is 0. The lowest BCUT2D eigenvalue weighted by Gasteiger charge is -2.05. The average molecular weight is 317 g/mol. The van der Waals surface area contributed by atoms with Gasteiger partial charge in [-0.15, -0.1) is 0 Å². The number of carbonyl (C=O) groups is 1. The van der Waals surface area contributed by atoms with Crippen LogP contribution < -0.4 is 11.2 Å². The van der Waals surface area contributed by atoms with Gasteiger partial charge < -0.3 is 10.8 Å². The summed E-state index contributed by atoms with van der Waals surface area (Å²) in [7, 11) is 0. The Kier molecular flexibility index (Phi) is 4.80. The molecule has 0 spiro atoms. The van der Waals surface area contributed by atoms with Crippen LogP contribution in [0.3, 0.4) is 0 Å². The van der Waals surface area contributed by atoms with E-state index in [4.69, 9.17) is 10.8 Å². The molecule has 0 amide bonds. The molecule has 0 heterocycles. The molecule has 0 aromatic heterocycles. The zero-order valence-corrected chi connectivity index (χ0v) is 12.1. The van der Waals surface area contributed by atoms with Gasteiger partial charge >= 0.3 is 5.97 Å². The second-order valence-corrected chi connectivity index (χ2v) is 4.80. The van der Waals surface area contributed by atoms with Gasteiger partial charge in [0.05, 0.1) is 11.8 Å². The number of carboxylic acid groups (broad SMARTS) is 1. The Balaban J connectivity index is 2.22. The monoisotopic (exact) mass is 317 g/mol. The van der Waals surface area contributed by atoms with Crippen LogP contribution in [0, 0.1) is 5.82 Å². The number of carboxylic acids is 1. The summed E-state index contributed by atoms with van der Waals surface area (Å²) in [6.45, 7) is 0. The number of hydrogen-bond donors (Lipinski definition) is 3. The van der Waals surface area contributed by atoms with E-state index < -0.39 is 11.8 Å². The molecule has 7 heteroatoms. The third-order valence-corrected chi connectivity index (χ3v) is 2.92. The second-order valence-electron chi connectivity index (χ2n) is 4.36. The Hall–Kier alpha value is -2.80. The second kappa shape index (κ2) is 6.77. The Morgan fingerprint density at radius 2 is 1.95 bits per heavy atom. The van der Waals surface area contributed by atoms with Gasteiger partial charge in [-0.05, 0) is 35.5 Å². The van der Waals surface area contributed by atoms with E-state index in [1.165, 1.54) is 18.3 Å². The zero-order chi connectivity index (χ0) is 16.1. The van der Waals surface area contributed by atoms with Crippen molar-refractivity contribution in [2.24, 2.45) is 10.8 Å². The average Bonchev–Trinajstić information content (AvgIpc) is 2.47. The molecule has 5 nitrogen and oxygen atoms in total. The summed E-state index contributed by atoms with van der Waals surface area (Å²) >= 11 is 4.61. The minimum atomic E-state index is -1.16. The third-order valence-electron chi connectivity index (χ3n) is 2.83. The number of nitrogens with zero attached hydrogens (tertiary/aromatic N) is 1. The largest absolute Gasteiger partial charge is 0.478 e. The number of thiocarbonyl (C=S) groups is 1. The topological polar surface area (TPSA) is 87.7 Å². The quantitative estimate of drug-likeness (QED) is 0.458. The van der Waals surface area contributed by atoms with Crippen molar-refractivity contribution in [3.63, 3.8) is 0 Å². The van der Waals surface area contributed by atoms with Gasteiger partial charge in [-0.3, -0.25) is 5.43 Å². The molecule has 0 saturated carbocycles. The summed E-state index contributed by atoms with van der Waals surface area (Å²) in [5.41, 5.74) is 9.31. The fourth-order valence-corrected chi connectivity index (χ4v) is 1.85. The first-order chi connectivity index (χ1) is 10.5. The molecular formula is C15H12FN3O2S. The van der Waals surface area contributed by atoms with Gasteiger partial charge in [0.1, 0.15) is 5.82 Å². The third kappa shape index (κ3) is 3.86. The highest BCUT2D eigenvalue weighted by Gasteiger charge is 2.09. The van der Waals surface area contributed by atoms with Gasteiger partial charge in [0.15, 0.2) is 5.11 Å².